The first-order valence-electron chi connectivity index (χ1n) is 2.74. The van der Waals surface area contributed by atoms with Crippen molar-refractivity contribution in [3.05, 3.63) is 12.7 Å². The zero-order valence-corrected chi connectivity index (χ0v) is 5.52. The Morgan fingerprint density at radius 2 is 2.56 bits per heavy atom. The number of amides is 1. The van der Waals surface area contributed by atoms with Crippen molar-refractivity contribution in [2.24, 2.45) is 0 Å². The van der Waals surface area contributed by atoms with Gasteiger partial charge in [0.25, 0.3) is 0 Å². The lowest BCUT2D eigenvalue weighted by Gasteiger charge is -1.98. The van der Waals surface area contributed by atoms with Crippen LogP contribution < -0.4 is 5.32 Å². The first kappa shape index (κ1) is 8.01. The second kappa shape index (κ2) is 5.15. The smallest absolute Gasteiger partial charge is 0.406 e. The molecular weight excluding hydrogens is 118 g/mol. The fourth-order valence-corrected chi connectivity index (χ4v) is 0.348. The van der Waals surface area contributed by atoms with Gasteiger partial charge in [0.15, 0.2) is 0 Å². The number of ether oxygens (including phenoxy) is 1. The minimum atomic E-state index is -0.392. The molecule has 3 nitrogen and oxygen atoms in total. The van der Waals surface area contributed by atoms with E-state index in [1.807, 2.05) is 0 Å². The van der Waals surface area contributed by atoms with E-state index in [1.165, 1.54) is 7.11 Å². The van der Waals surface area contributed by atoms with Crippen molar-refractivity contribution in [1.29, 1.82) is 0 Å². The van der Waals surface area contributed by atoms with E-state index in [4.69, 9.17) is 0 Å². The van der Waals surface area contributed by atoms with Crippen molar-refractivity contribution in [1.82, 2.24) is 5.32 Å². The maximum absolute atomic E-state index is 10.3. The van der Waals surface area contributed by atoms with Gasteiger partial charge in [0.2, 0.25) is 0 Å². The topological polar surface area (TPSA) is 38.3 Å². The Bertz CT molecular complexity index is 101. The summed E-state index contributed by atoms with van der Waals surface area (Å²) in [6.45, 7) is 4.08. The predicted molar refractivity (Wildman–Crippen MR) is 35.2 cm³/mol. The highest BCUT2D eigenvalue weighted by Crippen LogP contribution is 1.76. The Morgan fingerprint density at radius 1 is 1.89 bits per heavy atom. The van der Waals surface area contributed by atoms with Crippen molar-refractivity contribution < 1.29 is 9.53 Å². The van der Waals surface area contributed by atoms with Crippen molar-refractivity contribution in [3.63, 3.8) is 0 Å². The fourth-order valence-electron chi connectivity index (χ4n) is 0.348. The third kappa shape index (κ3) is 4.87. The maximum atomic E-state index is 10.3. The van der Waals surface area contributed by atoms with E-state index in [0.29, 0.717) is 6.54 Å². The Morgan fingerprint density at radius 3 is 3.00 bits per heavy atom. The summed E-state index contributed by atoms with van der Waals surface area (Å²) in [6, 6.07) is 0. The summed E-state index contributed by atoms with van der Waals surface area (Å²) in [5.74, 6) is 0. The van der Waals surface area contributed by atoms with Crippen LogP contribution in [0.2, 0.25) is 0 Å². The highest BCUT2D eigenvalue weighted by atomic mass is 16.5. The van der Waals surface area contributed by atoms with Gasteiger partial charge in [0, 0.05) is 6.54 Å². The molecular formula is C6H11NO2. The predicted octanol–water partition coefficient (Wildman–Crippen LogP) is 0.919. The summed E-state index contributed by atoms with van der Waals surface area (Å²) in [7, 11) is 1.34. The Labute approximate surface area is 54.7 Å². The summed E-state index contributed by atoms with van der Waals surface area (Å²) in [5.41, 5.74) is 0. The molecule has 0 aliphatic heterocycles. The van der Waals surface area contributed by atoms with Gasteiger partial charge in [-0.25, -0.2) is 4.79 Å². The molecule has 0 spiro atoms. The molecule has 0 unspecified atom stereocenters. The maximum Gasteiger partial charge on any atom is 0.406 e. The zero-order chi connectivity index (χ0) is 7.11. The fraction of sp³-hybridized carbons (Fsp3) is 0.500. The summed E-state index contributed by atoms with van der Waals surface area (Å²) in [4.78, 5) is 10.3. The molecule has 0 heterocycles. The highest BCUT2D eigenvalue weighted by Gasteiger charge is 1.92. The average Bonchev–Trinajstić information content (AvgIpc) is 1.89. The monoisotopic (exact) mass is 129 g/mol. The minimum absolute atomic E-state index is 0.392. The van der Waals surface area contributed by atoms with Crippen LogP contribution in [0.15, 0.2) is 12.7 Å². The number of hydrogen-bond acceptors (Lipinski definition) is 2. The largest absolute Gasteiger partial charge is 0.453 e. The Balaban J connectivity index is 3.06. The number of carbonyl (C=O) groups is 1. The first-order chi connectivity index (χ1) is 4.31. The summed E-state index contributed by atoms with van der Waals surface area (Å²) in [6.07, 6.45) is 2.11. The molecule has 0 aliphatic rings. The van der Waals surface area contributed by atoms with Crippen LogP contribution in [-0.4, -0.2) is 19.7 Å². The summed E-state index contributed by atoms with van der Waals surface area (Å²) >= 11 is 0. The van der Waals surface area contributed by atoms with Gasteiger partial charge < -0.3 is 10.1 Å². The van der Waals surface area contributed by atoms with Gasteiger partial charge in [-0.1, -0.05) is 6.08 Å². The van der Waals surface area contributed by atoms with E-state index in [1.54, 1.807) is 6.08 Å². The standard InChI is InChI=1S/C6H11NO2/c1-3-4-5-7-6(8)9-2/h3H,1,4-5H2,2H3,(H,7,8). The third-order valence-electron chi connectivity index (χ3n) is 0.803. The quantitative estimate of drug-likeness (QED) is 0.454. The lowest BCUT2D eigenvalue weighted by atomic mass is 10.4. The number of carbonyl (C=O) groups excluding carboxylic acids is 1. The highest BCUT2D eigenvalue weighted by molar-refractivity contribution is 5.66. The van der Waals surface area contributed by atoms with E-state index < -0.39 is 6.09 Å². The summed E-state index contributed by atoms with van der Waals surface area (Å²) in [5, 5.41) is 2.50. The Kier molecular flexibility index (Phi) is 4.59. The summed E-state index contributed by atoms with van der Waals surface area (Å²) < 4.78 is 4.31. The second-order valence-electron chi connectivity index (χ2n) is 1.50. The molecule has 0 radical (unpaired) electrons. The molecule has 0 fully saturated rings. The average molecular weight is 129 g/mol. The van der Waals surface area contributed by atoms with Crippen molar-refractivity contribution in [2.45, 2.75) is 6.42 Å². The molecule has 3 heteroatoms. The van der Waals surface area contributed by atoms with Gasteiger partial charge in [0.1, 0.15) is 0 Å². The van der Waals surface area contributed by atoms with Crippen molar-refractivity contribution in [3.8, 4) is 0 Å². The van der Waals surface area contributed by atoms with E-state index in [9.17, 15) is 4.79 Å². The molecule has 0 rings (SSSR count). The molecule has 1 N–H and O–H groups in total. The van der Waals surface area contributed by atoms with Gasteiger partial charge in [-0.15, -0.1) is 6.58 Å². The van der Waals surface area contributed by atoms with Crippen molar-refractivity contribution in [2.75, 3.05) is 13.7 Å². The number of methoxy groups -OCH3 is 1. The van der Waals surface area contributed by atoms with E-state index in [0.717, 1.165) is 6.42 Å². The number of hydrogen-bond donors (Lipinski definition) is 1. The molecule has 1 amide bonds. The van der Waals surface area contributed by atoms with Gasteiger partial charge in [0.05, 0.1) is 7.11 Å². The molecule has 0 aromatic rings. The number of alkyl carbamates (subject to hydrolysis) is 1. The lowest BCUT2D eigenvalue weighted by Crippen LogP contribution is -2.23. The van der Waals surface area contributed by atoms with E-state index >= 15 is 0 Å². The molecule has 0 bridgehead atoms. The van der Waals surface area contributed by atoms with E-state index in [2.05, 4.69) is 16.6 Å². The minimum Gasteiger partial charge on any atom is -0.453 e. The van der Waals surface area contributed by atoms with Gasteiger partial charge in [-0.3, -0.25) is 0 Å². The van der Waals surface area contributed by atoms with Gasteiger partial charge >= 0.3 is 6.09 Å². The number of nitrogens with one attached hydrogen (secondary N) is 1. The van der Waals surface area contributed by atoms with Crippen LogP contribution in [0.25, 0.3) is 0 Å². The first-order valence-corrected chi connectivity index (χ1v) is 2.74. The number of rotatable bonds is 3. The molecule has 0 aromatic carbocycles. The van der Waals surface area contributed by atoms with Crippen LogP contribution in [-0.2, 0) is 4.74 Å². The molecule has 0 aliphatic carbocycles. The second-order valence-corrected chi connectivity index (χ2v) is 1.50. The lowest BCUT2D eigenvalue weighted by molar-refractivity contribution is 0.171. The Hall–Kier alpha value is -0.990. The van der Waals surface area contributed by atoms with Crippen LogP contribution in [0.4, 0.5) is 4.79 Å². The van der Waals surface area contributed by atoms with Crippen molar-refractivity contribution >= 4 is 6.09 Å². The SMILES string of the molecule is C=CCCNC(=O)OC. The molecule has 0 saturated carbocycles. The van der Waals surface area contributed by atoms with Crippen LogP contribution in [0.3, 0.4) is 0 Å². The molecule has 52 valence electrons. The van der Waals surface area contributed by atoms with Gasteiger partial charge in [-0.05, 0) is 6.42 Å². The molecule has 0 saturated heterocycles. The van der Waals surface area contributed by atoms with Crippen LogP contribution in [0.5, 0.6) is 0 Å². The van der Waals surface area contributed by atoms with Gasteiger partial charge in [-0.2, -0.15) is 0 Å². The molecule has 0 aromatic heterocycles. The molecule has 9 heavy (non-hydrogen) atoms. The van der Waals surface area contributed by atoms with Crippen LogP contribution in [0, 0.1) is 0 Å². The zero-order valence-electron chi connectivity index (χ0n) is 5.52. The van der Waals surface area contributed by atoms with Crippen LogP contribution in [0.1, 0.15) is 6.42 Å². The van der Waals surface area contributed by atoms with Crippen LogP contribution >= 0.6 is 0 Å². The normalized spacial score (nSPS) is 8.11. The third-order valence-corrected chi connectivity index (χ3v) is 0.803. The molecule has 0 atom stereocenters. The van der Waals surface area contributed by atoms with E-state index in [-0.39, 0.29) is 0 Å².